The van der Waals surface area contributed by atoms with Crippen molar-refractivity contribution in [1.82, 2.24) is 9.88 Å². The number of hydrogen-bond acceptors (Lipinski definition) is 4. The van der Waals surface area contributed by atoms with E-state index in [1.54, 1.807) is 0 Å². The number of aryl methyl sites for hydroxylation is 2. The Labute approximate surface area is 116 Å². The summed E-state index contributed by atoms with van der Waals surface area (Å²) in [5.41, 5.74) is 3.10. The van der Waals surface area contributed by atoms with Gasteiger partial charge in [-0.3, -0.25) is 0 Å². The molecule has 1 N–H and O–H groups in total. The van der Waals surface area contributed by atoms with E-state index in [1.807, 2.05) is 19.9 Å². The molecule has 1 aromatic heterocycles. The summed E-state index contributed by atoms with van der Waals surface area (Å²) < 4.78 is 0. The molecule has 0 spiro atoms. The van der Waals surface area contributed by atoms with E-state index in [0.717, 1.165) is 35.7 Å². The number of likely N-dealkylation sites (tertiary alicyclic amines) is 1. The van der Waals surface area contributed by atoms with Crippen molar-refractivity contribution in [2.75, 3.05) is 38.6 Å². The molecule has 0 radical (unpaired) electrons. The highest BCUT2D eigenvalue weighted by molar-refractivity contribution is 5.50. The quantitative estimate of drug-likeness (QED) is 0.895. The van der Waals surface area contributed by atoms with Gasteiger partial charge in [0.15, 0.2) is 0 Å². The molecule has 2 rings (SSSR count). The Hall–Kier alpha value is -1.13. The van der Waals surface area contributed by atoms with Gasteiger partial charge in [-0.2, -0.15) is 0 Å². The zero-order valence-corrected chi connectivity index (χ0v) is 12.5. The molecule has 1 unspecified atom stereocenters. The average molecular weight is 263 g/mol. The third kappa shape index (κ3) is 3.25. The van der Waals surface area contributed by atoms with E-state index in [-0.39, 0.29) is 6.61 Å². The number of anilines is 1. The molecule has 0 amide bonds. The van der Waals surface area contributed by atoms with Crippen LogP contribution in [0.5, 0.6) is 0 Å². The summed E-state index contributed by atoms with van der Waals surface area (Å²) in [7, 11) is 4.26. The predicted octanol–water partition coefficient (Wildman–Crippen LogP) is 1.58. The Bertz CT molecular complexity index is 447. The summed E-state index contributed by atoms with van der Waals surface area (Å²) in [6, 6.07) is 2.03. The van der Waals surface area contributed by atoms with Gasteiger partial charge in [0.05, 0.1) is 6.61 Å². The molecule has 1 aliphatic rings. The van der Waals surface area contributed by atoms with Crippen molar-refractivity contribution in [3.8, 4) is 0 Å². The van der Waals surface area contributed by atoms with Crippen LogP contribution >= 0.6 is 0 Å². The van der Waals surface area contributed by atoms with Crippen LogP contribution < -0.4 is 4.90 Å². The maximum Gasteiger partial charge on any atom is 0.134 e. The Morgan fingerprint density at radius 1 is 1.47 bits per heavy atom. The van der Waals surface area contributed by atoms with Gasteiger partial charge in [0.2, 0.25) is 0 Å². The molecule has 1 atom stereocenters. The topological polar surface area (TPSA) is 39.6 Å². The molecule has 0 bridgehead atoms. The number of pyridine rings is 1. The van der Waals surface area contributed by atoms with E-state index < -0.39 is 0 Å². The number of nitrogens with zero attached hydrogens (tertiary/aromatic N) is 3. The van der Waals surface area contributed by atoms with Crippen LogP contribution in [0, 0.1) is 19.8 Å². The van der Waals surface area contributed by atoms with Crippen molar-refractivity contribution < 1.29 is 5.11 Å². The highest BCUT2D eigenvalue weighted by Crippen LogP contribution is 2.24. The third-order valence-corrected chi connectivity index (χ3v) is 3.99. The van der Waals surface area contributed by atoms with Crippen LogP contribution in [0.15, 0.2) is 6.07 Å². The second-order valence-corrected chi connectivity index (χ2v) is 5.84. The standard InChI is InChI=1S/C15H25N3O/c1-11-7-12(2)16-15(14(11)10-19)18(4)9-13-5-6-17(3)8-13/h7,13,19H,5-6,8-10H2,1-4H3. The molecule has 0 aromatic carbocycles. The fourth-order valence-electron chi connectivity index (χ4n) is 3.00. The van der Waals surface area contributed by atoms with E-state index in [2.05, 4.69) is 28.9 Å². The fraction of sp³-hybridized carbons (Fsp3) is 0.667. The molecule has 0 aliphatic carbocycles. The first-order chi connectivity index (χ1) is 9.01. The number of aliphatic hydroxyl groups is 1. The highest BCUT2D eigenvalue weighted by atomic mass is 16.3. The summed E-state index contributed by atoms with van der Waals surface area (Å²) in [6.45, 7) is 7.46. The Balaban J connectivity index is 2.16. The molecule has 0 saturated carbocycles. The van der Waals surface area contributed by atoms with E-state index >= 15 is 0 Å². The minimum absolute atomic E-state index is 0.0589. The first-order valence-corrected chi connectivity index (χ1v) is 6.99. The lowest BCUT2D eigenvalue weighted by atomic mass is 10.1. The van der Waals surface area contributed by atoms with Crippen molar-refractivity contribution in [3.05, 3.63) is 22.9 Å². The first-order valence-electron chi connectivity index (χ1n) is 6.99. The van der Waals surface area contributed by atoms with Gasteiger partial charge in [-0.25, -0.2) is 4.98 Å². The molecule has 1 aliphatic heterocycles. The molecule has 2 heterocycles. The van der Waals surface area contributed by atoms with Gasteiger partial charge in [-0.05, 0) is 51.4 Å². The lowest BCUT2D eigenvalue weighted by Gasteiger charge is -2.25. The summed E-state index contributed by atoms with van der Waals surface area (Å²) in [6.07, 6.45) is 1.25. The second-order valence-electron chi connectivity index (χ2n) is 5.84. The fourth-order valence-corrected chi connectivity index (χ4v) is 3.00. The van der Waals surface area contributed by atoms with Gasteiger partial charge in [0.25, 0.3) is 0 Å². The average Bonchev–Trinajstić information content (AvgIpc) is 2.73. The Kier molecular flexibility index (Phi) is 4.42. The zero-order chi connectivity index (χ0) is 14.0. The monoisotopic (exact) mass is 263 g/mol. The van der Waals surface area contributed by atoms with E-state index in [4.69, 9.17) is 0 Å². The summed E-state index contributed by atoms with van der Waals surface area (Å²) >= 11 is 0. The molecule has 4 heteroatoms. The largest absolute Gasteiger partial charge is 0.392 e. The van der Waals surface area contributed by atoms with E-state index in [0.29, 0.717) is 5.92 Å². The molecule has 4 nitrogen and oxygen atoms in total. The van der Waals surface area contributed by atoms with Crippen LogP contribution in [-0.2, 0) is 6.61 Å². The summed E-state index contributed by atoms with van der Waals surface area (Å²) in [5.74, 6) is 1.64. The van der Waals surface area contributed by atoms with Crippen LogP contribution in [0.1, 0.15) is 23.2 Å². The van der Waals surface area contributed by atoms with Crippen LogP contribution in [0.2, 0.25) is 0 Å². The van der Waals surface area contributed by atoms with Gasteiger partial charge < -0.3 is 14.9 Å². The van der Waals surface area contributed by atoms with E-state index in [1.165, 1.54) is 13.0 Å². The lowest BCUT2D eigenvalue weighted by molar-refractivity contribution is 0.280. The van der Waals surface area contributed by atoms with Crippen molar-refractivity contribution in [2.45, 2.75) is 26.9 Å². The Morgan fingerprint density at radius 2 is 2.21 bits per heavy atom. The molecule has 1 aromatic rings. The van der Waals surface area contributed by atoms with Gasteiger partial charge in [0, 0.05) is 31.4 Å². The van der Waals surface area contributed by atoms with Crippen molar-refractivity contribution in [1.29, 1.82) is 0 Å². The molecule has 19 heavy (non-hydrogen) atoms. The smallest absolute Gasteiger partial charge is 0.134 e. The number of hydrogen-bond donors (Lipinski definition) is 1. The Morgan fingerprint density at radius 3 is 2.79 bits per heavy atom. The van der Waals surface area contributed by atoms with Gasteiger partial charge in [0.1, 0.15) is 5.82 Å². The van der Waals surface area contributed by atoms with Crippen LogP contribution in [0.3, 0.4) is 0 Å². The predicted molar refractivity (Wildman–Crippen MR) is 78.5 cm³/mol. The van der Waals surface area contributed by atoms with Crippen molar-refractivity contribution >= 4 is 5.82 Å². The lowest BCUT2D eigenvalue weighted by Crippen LogP contribution is -2.29. The maximum absolute atomic E-state index is 9.57. The number of rotatable bonds is 4. The zero-order valence-electron chi connectivity index (χ0n) is 12.5. The van der Waals surface area contributed by atoms with Crippen LogP contribution in [0.25, 0.3) is 0 Å². The minimum atomic E-state index is 0.0589. The van der Waals surface area contributed by atoms with Gasteiger partial charge in [-0.15, -0.1) is 0 Å². The minimum Gasteiger partial charge on any atom is -0.392 e. The molecule has 1 fully saturated rings. The van der Waals surface area contributed by atoms with Gasteiger partial charge >= 0.3 is 0 Å². The second kappa shape index (κ2) is 5.88. The van der Waals surface area contributed by atoms with Crippen molar-refractivity contribution in [2.24, 2.45) is 5.92 Å². The maximum atomic E-state index is 9.57. The van der Waals surface area contributed by atoms with Crippen LogP contribution in [0.4, 0.5) is 5.82 Å². The SMILES string of the molecule is Cc1cc(C)c(CO)c(N(C)CC2CCN(C)C2)n1. The van der Waals surface area contributed by atoms with Gasteiger partial charge in [-0.1, -0.05) is 0 Å². The highest BCUT2D eigenvalue weighted by Gasteiger charge is 2.22. The van der Waals surface area contributed by atoms with Crippen LogP contribution in [-0.4, -0.2) is 48.7 Å². The molecular weight excluding hydrogens is 238 g/mol. The number of aromatic nitrogens is 1. The first kappa shape index (κ1) is 14.3. The summed E-state index contributed by atoms with van der Waals surface area (Å²) in [4.78, 5) is 9.20. The summed E-state index contributed by atoms with van der Waals surface area (Å²) in [5, 5.41) is 9.57. The normalized spacial score (nSPS) is 19.9. The molecule has 106 valence electrons. The van der Waals surface area contributed by atoms with E-state index in [9.17, 15) is 5.11 Å². The third-order valence-electron chi connectivity index (χ3n) is 3.99. The van der Waals surface area contributed by atoms with Crippen molar-refractivity contribution in [3.63, 3.8) is 0 Å². The number of aliphatic hydroxyl groups excluding tert-OH is 1. The molecular formula is C15H25N3O. The molecule has 1 saturated heterocycles.